The van der Waals surface area contributed by atoms with Gasteiger partial charge in [-0.2, -0.15) is 5.10 Å². The van der Waals surface area contributed by atoms with Crippen LogP contribution in [-0.4, -0.2) is 24.3 Å². The first kappa shape index (κ1) is 14.0. The first-order valence-corrected chi connectivity index (χ1v) is 5.86. The standard InChI is InChI=1S/C13H18N2O3/c1-3-4-5-13(17)15-14-9-10-6-7-11(16)12(8-10)18-2/h6-9,16H,3-5H2,1-2H3,(H,15,17)/b14-9+. The molecule has 0 aliphatic heterocycles. The van der Waals surface area contributed by atoms with Crippen LogP contribution in [0, 0.1) is 0 Å². The van der Waals surface area contributed by atoms with E-state index in [0.29, 0.717) is 12.2 Å². The van der Waals surface area contributed by atoms with Crippen molar-refractivity contribution in [2.75, 3.05) is 7.11 Å². The molecule has 0 spiro atoms. The maximum absolute atomic E-state index is 11.3. The smallest absolute Gasteiger partial charge is 0.240 e. The average Bonchev–Trinajstić information content (AvgIpc) is 2.38. The number of aromatic hydroxyl groups is 1. The van der Waals surface area contributed by atoms with Crippen molar-refractivity contribution in [3.63, 3.8) is 0 Å². The van der Waals surface area contributed by atoms with Crippen molar-refractivity contribution in [2.45, 2.75) is 26.2 Å². The van der Waals surface area contributed by atoms with Crippen LogP contribution in [-0.2, 0) is 4.79 Å². The van der Waals surface area contributed by atoms with E-state index in [1.807, 2.05) is 6.92 Å². The summed E-state index contributed by atoms with van der Waals surface area (Å²) in [6.07, 6.45) is 3.82. The molecule has 2 N–H and O–H groups in total. The van der Waals surface area contributed by atoms with Crippen molar-refractivity contribution >= 4 is 12.1 Å². The summed E-state index contributed by atoms with van der Waals surface area (Å²) in [7, 11) is 1.47. The van der Waals surface area contributed by atoms with Gasteiger partial charge in [0.1, 0.15) is 0 Å². The summed E-state index contributed by atoms with van der Waals surface area (Å²) in [6.45, 7) is 2.03. The van der Waals surface area contributed by atoms with Crippen LogP contribution < -0.4 is 10.2 Å². The highest BCUT2D eigenvalue weighted by atomic mass is 16.5. The van der Waals surface area contributed by atoms with Gasteiger partial charge in [0, 0.05) is 6.42 Å². The van der Waals surface area contributed by atoms with Crippen LogP contribution in [0.25, 0.3) is 0 Å². The minimum Gasteiger partial charge on any atom is -0.504 e. The van der Waals surface area contributed by atoms with E-state index in [1.165, 1.54) is 19.4 Å². The predicted molar refractivity (Wildman–Crippen MR) is 69.9 cm³/mol. The van der Waals surface area contributed by atoms with Gasteiger partial charge in [0.15, 0.2) is 11.5 Å². The lowest BCUT2D eigenvalue weighted by Gasteiger charge is -2.03. The van der Waals surface area contributed by atoms with Gasteiger partial charge in [0.25, 0.3) is 0 Å². The number of benzene rings is 1. The third-order valence-electron chi connectivity index (χ3n) is 2.36. The molecule has 0 radical (unpaired) electrons. The molecule has 0 heterocycles. The molecule has 0 saturated heterocycles. The number of hydrazone groups is 1. The molecular weight excluding hydrogens is 232 g/mol. The van der Waals surface area contributed by atoms with E-state index in [-0.39, 0.29) is 11.7 Å². The molecule has 1 aromatic carbocycles. The second-order valence-electron chi connectivity index (χ2n) is 3.83. The molecule has 0 bridgehead atoms. The molecule has 0 unspecified atom stereocenters. The fraction of sp³-hybridized carbons (Fsp3) is 0.385. The Balaban J connectivity index is 2.54. The normalized spacial score (nSPS) is 10.6. The van der Waals surface area contributed by atoms with Gasteiger partial charge in [-0.1, -0.05) is 13.3 Å². The van der Waals surface area contributed by atoms with Gasteiger partial charge in [-0.15, -0.1) is 0 Å². The topological polar surface area (TPSA) is 70.9 Å². The Bertz CT molecular complexity index is 430. The highest BCUT2D eigenvalue weighted by Crippen LogP contribution is 2.25. The van der Waals surface area contributed by atoms with E-state index in [0.717, 1.165) is 18.4 Å². The molecule has 0 aliphatic carbocycles. The van der Waals surface area contributed by atoms with E-state index in [4.69, 9.17) is 4.74 Å². The number of nitrogens with one attached hydrogen (secondary N) is 1. The number of unbranched alkanes of at least 4 members (excludes halogenated alkanes) is 1. The first-order chi connectivity index (χ1) is 8.67. The molecule has 18 heavy (non-hydrogen) atoms. The van der Waals surface area contributed by atoms with Crippen LogP contribution >= 0.6 is 0 Å². The van der Waals surface area contributed by atoms with Crippen LogP contribution in [0.15, 0.2) is 23.3 Å². The highest BCUT2D eigenvalue weighted by molar-refractivity contribution is 5.83. The Kier molecular flexibility index (Phi) is 5.70. The highest BCUT2D eigenvalue weighted by Gasteiger charge is 2.01. The minimum absolute atomic E-state index is 0.0710. The van der Waals surface area contributed by atoms with Crippen molar-refractivity contribution in [3.8, 4) is 11.5 Å². The minimum atomic E-state index is -0.0983. The Morgan fingerprint density at radius 2 is 2.33 bits per heavy atom. The second-order valence-corrected chi connectivity index (χ2v) is 3.83. The molecule has 0 fully saturated rings. The zero-order valence-electron chi connectivity index (χ0n) is 10.6. The van der Waals surface area contributed by atoms with Crippen molar-refractivity contribution in [2.24, 2.45) is 5.10 Å². The molecule has 0 saturated carbocycles. The number of phenolic OH excluding ortho intramolecular Hbond substituents is 1. The van der Waals surface area contributed by atoms with Gasteiger partial charge in [0.05, 0.1) is 13.3 Å². The van der Waals surface area contributed by atoms with Crippen LogP contribution in [0.5, 0.6) is 11.5 Å². The Hall–Kier alpha value is -2.04. The van der Waals surface area contributed by atoms with E-state index in [2.05, 4.69) is 10.5 Å². The summed E-state index contributed by atoms with van der Waals surface area (Å²) in [5, 5.41) is 13.2. The molecule has 0 aliphatic rings. The van der Waals surface area contributed by atoms with Crippen molar-refractivity contribution in [1.29, 1.82) is 0 Å². The number of carbonyl (C=O) groups excluding carboxylic acids is 1. The summed E-state index contributed by atoms with van der Waals surface area (Å²) >= 11 is 0. The van der Waals surface area contributed by atoms with Crippen molar-refractivity contribution in [1.82, 2.24) is 5.43 Å². The largest absolute Gasteiger partial charge is 0.504 e. The molecule has 98 valence electrons. The molecule has 1 amide bonds. The number of nitrogens with zero attached hydrogens (tertiary/aromatic N) is 1. The third kappa shape index (κ3) is 4.45. The number of ether oxygens (including phenoxy) is 1. The quantitative estimate of drug-likeness (QED) is 0.599. The Morgan fingerprint density at radius 1 is 1.56 bits per heavy atom. The fourth-order valence-corrected chi connectivity index (χ4v) is 1.35. The Morgan fingerprint density at radius 3 is 3.00 bits per heavy atom. The van der Waals surface area contributed by atoms with Gasteiger partial charge < -0.3 is 9.84 Å². The molecule has 5 nitrogen and oxygen atoms in total. The summed E-state index contributed by atoms with van der Waals surface area (Å²) in [4.78, 5) is 11.3. The lowest BCUT2D eigenvalue weighted by Crippen LogP contribution is -2.16. The van der Waals surface area contributed by atoms with E-state index < -0.39 is 0 Å². The van der Waals surface area contributed by atoms with Gasteiger partial charge in [-0.05, 0) is 30.2 Å². The average molecular weight is 250 g/mol. The zero-order chi connectivity index (χ0) is 13.4. The van der Waals surface area contributed by atoms with E-state index in [1.54, 1.807) is 12.1 Å². The van der Waals surface area contributed by atoms with Crippen LogP contribution in [0.1, 0.15) is 31.7 Å². The number of amides is 1. The molecule has 5 heteroatoms. The van der Waals surface area contributed by atoms with E-state index >= 15 is 0 Å². The summed E-state index contributed by atoms with van der Waals surface area (Å²) in [6, 6.07) is 4.83. The number of carbonyl (C=O) groups is 1. The zero-order valence-corrected chi connectivity index (χ0v) is 10.6. The third-order valence-corrected chi connectivity index (χ3v) is 2.36. The number of hydrogen-bond acceptors (Lipinski definition) is 4. The number of hydrogen-bond donors (Lipinski definition) is 2. The van der Waals surface area contributed by atoms with Gasteiger partial charge in [-0.3, -0.25) is 4.79 Å². The maximum Gasteiger partial charge on any atom is 0.240 e. The Labute approximate surface area is 106 Å². The van der Waals surface area contributed by atoms with E-state index in [9.17, 15) is 9.90 Å². The monoisotopic (exact) mass is 250 g/mol. The number of phenols is 1. The van der Waals surface area contributed by atoms with Gasteiger partial charge >= 0.3 is 0 Å². The summed E-state index contributed by atoms with van der Waals surface area (Å²) in [5.41, 5.74) is 3.18. The second kappa shape index (κ2) is 7.32. The maximum atomic E-state index is 11.3. The molecular formula is C13H18N2O3. The van der Waals surface area contributed by atoms with Crippen LogP contribution in [0.2, 0.25) is 0 Å². The van der Waals surface area contributed by atoms with Crippen LogP contribution in [0.4, 0.5) is 0 Å². The van der Waals surface area contributed by atoms with Gasteiger partial charge in [-0.25, -0.2) is 5.43 Å². The van der Waals surface area contributed by atoms with Crippen LogP contribution in [0.3, 0.4) is 0 Å². The van der Waals surface area contributed by atoms with Crippen molar-refractivity contribution < 1.29 is 14.6 Å². The molecule has 0 aromatic heterocycles. The lowest BCUT2D eigenvalue weighted by molar-refractivity contribution is -0.121. The number of methoxy groups -OCH3 is 1. The molecule has 0 atom stereocenters. The SMILES string of the molecule is CCCCC(=O)N/N=C/c1ccc(O)c(OC)c1. The molecule has 1 aromatic rings. The summed E-state index contributed by atoms with van der Waals surface area (Å²) in [5.74, 6) is 0.344. The first-order valence-electron chi connectivity index (χ1n) is 5.86. The van der Waals surface area contributed by atoms with Gasteiger partial charge in [0.2, 0.25) is 5.91 Å². The summed E-state index contributed by atoms with van der Waals surface area (Å²) < 4.78 is 4.97. The number of rotatable bonds is 6. The molecule has 1 rings (SSSR count). The fourth-order valence-electron chi connectivity index (χ4n) is 1.35. The van der Waals surface area contributed by atoms with Crippen molar-refractivity contribution in [3.05, 3.63) is 23.8 Å². The lowest BCUT2D eigenvalue weighted by atomic mass is 10.2. The predicted octanol–water partition coefficient (Wildman–Crippen LogP) is 2.04.